The van der Waals surface area contributed by atoms with E-state index >= 15 is 0 Å². The summed E-state index contributed by atoms with van der Waals surface area (Å²) in [7, 11) is 0. The van der Waals surface area contributed by atoms with Gasteiger partial charge in [-0.15, -0.1) is 0 Å². The first kappa shape index (κ1) is 15.3. The smallest absolute Gasteiger partial charge is 0.0244 e. The lowest BCUT2D eigenvalue weighted by Gasteiger charge is -2.48. The fraction of sp³-hybridized carbons (Fsp3) is 1.00. The predicted molar refractivity (Wildman–Crippen MR) is 83.4 cm³/mol. The van der Waals surface area contributed by atoms with Gasteiger partial charge in [-0.3, -0.25) is 4.90 Å². The van der Waals surface area contributed by atoms with Gasteiger partial charge in [-0.05, 0) is 30.1 Å². The number of hydrogen-bond acceptors (Lipinski definition) is 2. The van der Waals surface area contributed by atoms with Gasteiger partial charge in [0.2, 0.25) is 0 Å². The number of hydrogen-bond donors (Lipinski definition) is 1. The highest BCUT2D eigenvalue weighted by molar-refractivity contribution is 4.93. The second kappa shape index (κ2) is 6.13. The number of piperazine rings is 1. The van der Waals surface area contributed by atoms with Crippen molar-refractivity contribution in [2.75, 3.05) is 19.6 Å². The Morgan fingerprint density at radius 2 is 1.79 bits per heavy atom. The van der Waals surface area contributed by atoms with Crippen molar-refractivity contribution in [2.24, 2.45) is 17.3 Å². The molecule has 0 radical (unpaired) electrons. The molecule has 2 rings (SSSR count). The fourth-order valence-corrected chi connectivity index (χ4v) is 4.02. The van der Waals surface area contributed by atoms with Crippen LogP contribution in [0.15, 0.2) is 0 Å². The first-order valence-electron chi connectivity index (χ1n) is 8.37. The van der Waals surface area contributed by atoms with Crippen LogP contribution in [0.2, 0.25) is 0 Å². The monoisotopic (exact) mass is 266 g/mol. The van der Waals surface area contributed by atoms with Crippen LogP contribution in [-0.2, 0) is 0 Å². The molecule has 2 fully saturated rings. The molecule has 3 atom stereocenters. The van der Waals surface area contributed by atoms with Crippen LogP contribution in [0.4, 0.5) is 0 Å². The highest BCUT2D eigenvalue weighted by Gasteiger charge is 2.36. The zero-order valence-corrected chi connectivity index (χ0v) is 13.7. The van der Waals surface area contributed by atoms with E-state index in [9.17, 15) is 0 Å². The van der Waals surface area contributed by atoms with E-state index in [1.54, 1.807) is 0 Å². The van der Waals surface area contributed by atoms with Gasteiger partial charge in [0.1, 0.15) is 0 Å². The predicted octanol–water partition coefficient (Wildman–Crippen LogP) is 3.52. The Bertz CT molecular complexity index is 279. The maximum absolute atomic E-state index is 3.73. The third-order valence-corrected chi connectivity index (χ3v) is 5.36. The Balaban J connectivity index is 2.03. The van der Waals surface area contributed by atoms with Crippen molar-refractivity contribution >= 4 is 0 Å². The molecule has 2 heteroatoms. The largest absolute Gasteiger partial charge is 0.311 e. The standard InChI is InChI=1S/C17H34N2/c1-13(2)14-8-6-7-9-15(14)19-11-10-18-16(12-19)17(3,4)5/h13-16,18H,6-12H2,1-5H3. The molecule has 112 valence electrons. The molecular weight excluding hydrogens is 232 g/mol. The summed E-state index contributed by atoms with van der Waals surface area (Å²) in [5.41, 5.74) is 0.376. The lowest BCUT2D eigenvalue weighted by molar-refractivity contribution is 0.0359. The summed E-state index contributed by atoms with van der Waals surface area (Å²) in [6, 6.07) is 1.50. The number of nitrogens with one attached hydrogen (secondary N) is 1. The average Bonchev–Trinajstić information content (AvgIpc) is 2.38. The highest BCUT2D eigenvalue weighted by atomic mass is 15.2. The first-order valence-corrected chi connectivity index (χ1v) is 8.37. The van der Waals surface area contributed by atoms with Crippen LogP contribution in [0.3, 0.4) is 0 Å². The maximum atomic E-state index is 3.73. The van der Waals surface area contributed by atoms with Gasteiger partial charge in [0.25, 0.3) is 0 Å². The van der Waals surface area contributed by atoms with Crippen molar-refractivity contribution in [3.63, 3.8) is 0 Å². The van der Waals surface area contributed by atoms with E-state index < -0.39 is 0 Å². The summed E-state index contributed by atoms with van der Waals surface area (Å²) in [5, 5.41) is 3.73. The quantitative estimate of drug-likeness (QED) is 0.822. The van der Waals surface area contributed by atoms with Crippen LogP contribution >= 0.6 is 0 Å². The molecule has 0 spiro atoms. The molecule has 1 heterocycles. The van der Waals surface area contributed by atoms with Gasteiger partial charge < -0.3 is 5.32 Å². The van der Waals surface area contributed by atoms with Crippen LogP contribution in [0.1, 0.15) is 60.3 Å². The molecule has 3 unspecified atom stereocenters. The average molecular weight is 266 g/mol. The van der Waals surface area contributed by atoms with Gasteiger partial charge >= 0.3 is 0 Å². The Kier molecular flexibility index (Phi) is 4.94. The molecule has 0 bridgehead atoms. The normalized spacial score (nSPS) is 34.7. The van der Waals surface area contributed by atoms with Crippen molar-refractivity contribution in [3.05, 3.63) is 0 Å². The zero-order chi connectivity index (χ0) is 14.0. The molecule has 2 nitrogen and oxygen atoms in total. The van der Waals surface area contributed by atoms with Crippen molar-refractivity contribution in [1.29, 1.82) is 0 Å². The second-order valence-electron chi connectivity index (χ2n) is 8.13. The van der Waals surface area contributed by atoms with E-state index in [4.69, 9.17) is 0 Å². The van der Waals surface area contributed by atoms with Gasteiger partial charge in [0.15, 0.2) is 0 Å². The Hall–Kier alpha value is -0.0800. The van der Waals surface area contributed by atoms with Gasteiger partial charge in [0, 0.05) is 31.7 Å². The summed E-state index contributed by atoms with van der Waals surface area (Å²) in [6.45, 7) is 15.6. The van der Waals surface area contributed by atoms with Crippen LogP contribution in [-0.4, -0.2) is 36.6 Å². The van der Waals surface area contributed by atoms with Crippen molar-refractivity contribution in [1.82, 2.24) is 10.2 Å². The molecule has 2 aliphatic rings. The molecule has 1 saturated heterocycles. The minimum absolute atomic E-state index is 0.376. The maximum Gasteiger partial charge on any atom is 0.0244 e. The molecule has 1 aliphatic carbocycles. The van der Waals surface area contributed by atoms with E-state index in [1.165, 1.54) is 45.3 Å². The summed E-state index contributed by atoms with van der Waals surface area (Å²) in [4.78, 5) is 2.82. The topological polar surface area (TPSA) is 15.3 Å². The van der Waals surface area contributed by atoms with Crippen molar-refractivity contribution < 1.29 is 0 Å². The minimum Gasteiger partial charge on any atom is -0.311 e. The minimum atomic E-state index is 0.376. The van der Waals surface area contributed by atoms with Gasteiger partial charge in [0.05, 0.1) is 0 Å². The number of nitrogens with zero attached hydrogens (tertiary/aromatic N) is 1. The summed E-state index contributed by atoms with van der Waals surface area (Å²) in [5.74, 6) is 1.76. The van der Waals surface area contributed by atoms with E-state index in [0.29, 0.717) is 11.5 Å². The summed E-state index contributed by atoms with van der Waals surface area (Å²) >= 11 is 0. The van der Waals surface area contributed by atoms with Gasteiger partial charge in [-0.2, -0.15) is 0 Å². The Morgan fingerprint density at radius 1 is 1.11 bits per heavy atom. The molecule has 1 saturated carbocycles. The second-order valence-corrected chi connectivity index (χ2v) is 8.13. The lowest BCUT2D eigenvalue weighted by atomic mass is 9.76. The lowest BCUT2D eigenvalue weighted by Crippen LogP contribution is -2.60. The molecule has 1 N–H and O–H groups in total. The molecule has 19 heavy (non-hydrogen) atoms. The third kappa shape index (κ3) is 3.72. The van der Waals surface area contributed by atoms with E-state index in [-0.39, 0.29) is 0 Å². The Labute approximate surface area is 120 Å². The van der Waals surface area contributed by atoms with Crippen LogP contribution in [0.25, 0.3) is 0 Å². The van der Waals surface area contributed by atoms with Gasteiger partial charge in [-0.1, -0.05) is 47.5 Å². The SMILES string of the molecule is CC(C)C1CCCCC1N1CCNC(C(C)(C)C)C1. The fourth-order valence-electron chi connectivity index (χ4n) is 4.02. The van der Waals surface area contributed by atoms with Crippen LogP contribution in [0.5, 0.6) is 0 Å². The summed E-state index contributed by atoms with van der Waals surface area (Å²) < 4.78 is 0. The van der Waals surface area contributed by atoms with Crippen LogP contribution in [0, 0.1) is 17.3 Å². The van der Waals surface area contributed by atoms with Crippen molar-refractivity contribution in [2.45, 2.75) is 72.4 Å². The first-order chi connectivity index (χ1) is 8.89. The molecule has 0 amide bonds. The van der Waals surface area contributed by atoms with Gasteiger partial charge in [-0.25, -0.2) is 0 Å². The van der Waals surface area contributed by atoms with Crippen LogP contribution < -0.4 is 5.32 Å². The van der Waals surface area contributed by atoms with E-state index in [1.807, 2.05) is 0 Å². The molecule has 0 aromatic rings. The third-order valence-electron chi connectivity index (χ3n) is 5.36. The van der Waals surface area contributed by atoms with E-state index in [0.717, 1.165) is 17.9 Å². The molecule has 1 aliphatic heterocycles. The number of rotatable bonds is 2. The summed E-state index contributed by atoms with van der Waals surface area (Å²) in [6.07, 6.45) is 5.78. The highest BCUT2D eigenvalue weighted by Crippen LogP contribution is 2.35. The molecule has 0 aromatic carbocycles. The zero-order valence-electron chi connectivity index (χ0n) is 13.7. The molecule has 0 aromatic heterocycles. The van der Waals surface area contributed by atoms with E-state index in [2.05, 4.69) is 44.8 Å². The molecular formula is C17H34N2. The van der Waals surface area contributed by atoms with Crippen molar-refractivity contribution in [3.8, 4) is 0 Å². The Morgan fingerprint density at radius 3 is 2.42 bits per heavy atom.